The Bertz CT molecular complexity index is 116. The van der Waals surface area contributed by atoms with Gasteiger partial charge in [-0.2, -0.15) is 0 Å². The van der Waals surface area contributed by atoms with E-state index >= 15 is 0 Å². The third kappa shape index (κ3) is 9.03. The summed E-state index contributed by atoms with van der Waals surface area (Å²) in [5.74, 6) is 0. The van der Waals surface area contributed by atoms with Crippen LogP contribution in [0.15, 0.2) is 0 Å². The van der Waals surface area contributed by atoms with E-state index in [4.69, 9.17) is 7.58 Å². The number of hydrogen-bond acceptors (Lipinski definition) is 2. The summed E-state index contributed by atoms with van der Waals surface area (Å²) in [5.41, 5.74) is 0. The Hall–Kier alpha value is 0.452. The fourth-order valence-corrected chi connectivity index (χ4v) is 3.51. The molecule has 0 spiro atoms. The Morgan fingerprint density at radius 1 is 0.929 bits per heavy atom. The van der Waals surface area contributed by atoms with Crippen LogP contribution in [0.4, 0.5) is 0 Å². The molecule has 0 aliphatic rings. The van der Waals surface area contributed by atoms with Crippen molar-refractivity contribution in [3.05, 3.63) is 0 Å². The van der Waals surface area contributed by atoms with E-state index in [-0.39, 0.29) is 0 Å². The predicted molar refractivity (Wildman–Crippen MR) is 62.5 cm³/mol. The normalized spacial score (nSPS) is 11.4. The van der Waals surface area contributed by atoms with Gasteiger partial charge >= 0.3 is 14.8 Å². The molecule has 0 aromatic carbocycles. The van der Waals surface area contributed by atoms with E-state index in [0.717, 1.165) is 5.28 Å². The van der Waals surface area contributed by atoms with Gasteiger partial charge < -0.3 is 7.58 Å². The molecule has 0 N–H and O–H groups in total. The van der Waals surface area contributed by atoms with Crippen LogP contribution in [0, 0.1) is 0 Å². The van der Waals surface area contributed by atoms with Crippen molar-refractivity contribution < 1.29 is 7.58 Å². The minimum Gasteiger partial charge on any atom is -0.476 e. The average molecular weight is 216 g/mol. The first-order valence-corrected chi connectivity index (χ1v) is 7.63. The fourth-order valence-electron chi connectivity index (χ4n) is 1.34. The molecule has 2 nitrogen and oxygen atoms in total. The van der Waals surface area contributed by atoms with Crippen LogP contribution < -0.4 is 0 Å². The summed E-state index contributed by atoms with van der Waals surface area (Å²) in [5, 5.41) is 1.16. The van der Waals surface area contributed by atoms with E-state index in [1.165, 1.54) is 19.3 Å². The highest BCUT2D eigenvalue weighted by Gasteiger charge is 2.26. The third-order valence-electron chi connectivity index (χ3n) is 1.89. The first kappa shape index (κ1) is 14.5. The van der Waals surface area contributed by atoms with Crippen LogP contribution in [0.5, 0.6) is 0 Å². The van der Waals surface area contributed by atoms with Crippen LogP contribution in [0.3, 0.4) is 0 Å². The van der Waals surface area contributed by atoms with E-state index in [9.17, 15) is 0 Å². The molecule has 84 valence electrons. The number of unbranched alkanes of at least 4 members (excludes halogenated alkanes) is 2. The highest BCUT2D eigenvalue weighted by Crippen LogP contribution is 2.10. The molecule has 0 saturated heterocycles. The first-order chi connectivity index (χ1) is 6.56. The summed E-state index contributed by atoms with van der Waals surface area (Å²) in [7, 11) is 0. The minimum absolute atomic E-state index is 0.312. The quantitative estimate of drug-likeness (QED) is 0.456. The molecule has 0 aromatic rings. The van der Waals surface area contributed by atoms with Gasteiger partial charge in [-0.1, -0.05) is 26.2 Å². The van der Waals surface area contributed by atoms with E-state index in [0.29, 0.717) is 12.2 Å². The zero-order valence-electron chi connectivity index (χ0n) is 10.4. The van der Waals surface area contributed by atoms with Gasteiger partial charge in [0.15, 0.2) is 0 Å². The Kier molecular flexibility index (Phi) is 9.02. The van der Waals surface area contributed by atoms with Gasteiger partial charge in [-0.25, -0.2) is 0 Å². The van der Waals surface area contributed by atoms with Crippen molar-refractivity contribution in [1.29, 1.82) is 0 Å². The fraction of sp³-hybridized carbons (Fsp3) is 1.00. The SMILES string of the molecule is CCCC[CH2][Al]([O]C(C)C)[O]C(C)C. The molecule has 0 amide bonds. The van der Waals surface area contributed by atoms with Crippen LogP contribution in [0.1, 0.15) is 53.9 Å². The molecule has 0 bridgehead atoms. The summed E-state index contributed by atoms with van der Waals surface area (Å²) in [6, 6.07) is 0. The van der Waals surface area contributed by atoms with Crippen molar-refractivity contribution in [1.82, 2.24) is 0 Å². The molecule has 0 rings (SSSR count). The van der Waals surface area contributed by atoms with Gasteiger partial charge in [-0.15, -0.1) is 0 Å². The van der Waals surface area contributed by atoms with Gasteiger partial charge in [0.1, 0.15) is 0 Å². The lowest BCUT2D eigenvalue weighted by Gasteiger charge is -2.18. The van der Waals surface area contributed by atoms with Gasteiger partial charge in [0, 0.05) is 12.2 Å². The second-order valence-corrected chi connectivity index (χ2v) is 6.28. The zero-order valence-corrected chi connectivity index (χ0v) is 11.5. The molecule has 0 aromatic heterocycles. The second-order valence-electron chi connectivity index (χ2n) is 4.30. The van der Waals surface area contributed by atoms with Gasteiger partial charge in [-0.05, 0) is 33.0 Å². The first-order valence-electron chi connectivity index (χ1n) is 5.87. The Morgan fingerprint density at radius 2 is 1.43 bits per heavy atom. The van der Waals surface area contributed by atoms with Gasteiger partial charge in [0.2, 0.25) is 0 Å². The molecule has 14 heavy (non-hydrogen) atoms. The van der Waals surface area contributed by atoms with E-state index in [2.05, 4.69) is 34.6 Å². The summed E-state index contributed by atoms with van der Waals surface area (Å²) in [6.07, 6.45) is 4.45. The summed E-state index contributed by atoms with van der Waals surface area (Å²) in [4.78, 5) is 0. The highest BCUT2D eigenvalue weighted by atomic mass is 27.2. The van der Waals surface area contributed by atoms with Crippen molar-refractivity contribution >= 4 is 14.8 Å². The Balaban J connectivity index is 3.72. The molecule has 3 heteroatoms. The maximum absolute atomic E-state index is 5.82. The summed E-state index contributed by atoms with van der Waals surface area (Å²) in [6.45, 7) is 10.6. The van der Waals surface area contributed by atoms with Crippen LogP contribution in [-0.2, 0) is 7.58 Å². The average Bonchev–Trinajstić information content (AvgIpc) is 2.02. The molecule has 0 saturated carbocycles. The minimum atomic E-state index is -1.38. The van der Waals surface area contributed by atoms with Crippen molar-refractivity contribution in [3.8, 4) is 0 Å². The largest absolute Gasteiger partial charge is 0.674 e. The number of rotatable bonds is 8. The zero-order chi connectivity index (χ0) is 11.0. The van der Waals surface area contributed by atoms with E-state index in [1.807, 2.05) is 0 Å². The van der Waals surface area contributed by atoms with Crippen LogP contribution >= 0.6 is 0 Å². The monoisotopic (exact) mass is 216 g/mol. The molecule has 0 unspecified atom stereocenters. The molecule has 0 heterocycles. The molecule has 0 fully saturated rings. The highest BCUT2D eigenvalue weighted by molar-refractivity contribution is 6.44. The van der Waals surface area contributed by atoms with E-state index in [1.54, 1.807) is 0 Å². The maximum atomic E-state index is 5.82. The van der Waals surface area contributed by atoms with Crippen molar-refractivity contribution in [2.24, 2.45) is 0 Å². The van der Waals surface area contributed by atoms with E-state index < -0.39 is 14.8 Å². The lowest BCUT2D eigenvalue weighted by atomic mass is 10.3. The van der Waals surface area contributed by atoms with Crippen molar-refractivity contribution in [2.45, 2.75) is 71.4 Å². The van der Waals surface area contributed by atoms with Crippen LogP contribution in [-0.4, -0.2) is 27.0 Å². The molecule has 0 aliphatic carbocycles. The lowest BCUT2D eigenvalue weighted by molar-refractivity contribution is 0.129. The predicted octanol–water partition coefficient (Wildman–Crippen LogP) is 3.51. The molecule has 0 atom stereocenters. The maximum Gasteiger partial charge on any atom is 0.674 e. The van der Waals surface area contributed by atoms with Crippen LogP contribution in [0.25, 0.3) is 0 Å². The van der Waals surface area contributed by atoms with Crippen molar-refractivity contribution in [3.63, 3.8) is 0 Å². The molecule has 0 aliphatic heterocycles. The Labute approximate surface area is 94.0 Å². The lowest BCUT2D eigenvalue weighted by Crippen LogP contribution is -2.29. The smallest absolute Gasteiger partial charge is 0.476 e. The second kappa shape index (κ2) is 8.74. The van der Waals surface area contributed by atoms with Crippen LogP contribution in [0.2, 0.25) is 5.28 Å². The summed E-state index contributed by atoms with van der Waals surface area (Å²) < 4.78 is 11.6. The summed E-state index contributed by atoms with van der Waals surface area (Å²) >= 11 is -1.38. The molecular formula is C11H25AlO2. The molecule has 0 radical (unpaired) electrons. The van der Waals surface area contributed by atoms with Gasteiger partial charge in [0.05, 0.1) is 0 Å². The van der Waals surface area contributed by atoms with Gasteiger partial charge in [-0.3, -0.25) is 0 Å². The topological polar surface area (TPSA) is 18.5 Å². The molecular weight excluding hydrogens is 191 g/mol. The number of hydrogen-bond donors (Lipinski definition) is 0. The third-order valence-corrected chi connectivity index (χ3v) is 4.47. The standard InChI is InChI=1S/C5H11.2C3H7O.Al/c1-3-5-4-2;2*1-3(2)4;/h1,3-5H2,2H3;2*3H,1-2H3;/q;2*-1;+2. The van der Waals surface area contributed by atoms with Gasteiger partial charge in [0.25, 0.3) is 0 Å². The van der Waals surface area contributed by atoms with Crippen molar-refractivity contribution in [2.75, 3.05) is 0 Å². The Morgan fingerprint density at radius 3 is 1.79 bits per heavy atom.